The van der Waals surface area contributed by atoms with Crippen molar-refractivity contribution in [2.75, 3.05) is 10.6 Å². The Morgan fingerprint density at radius 2 is 1.77 bits per heavy atom. The number of aliphatic hydroxyl groups is 1. The van der Waals surface area contributed by atoms with Gasteiger partial charge in [-0.15, -0.1) is 0 Å². The molecule has 0 radical (unpaired) electrons. The molecule has 2 saturated carbocycles. The normalized spacial score (nSPS) is 22.2. The molecule has 0 spiro atoms. The molecule has 5 rings (SSSR count). The highest BCUT2D eigenvalue weighted by molar-refractivity contribution is 5.76. The Kier molecular flexibility index (Phi) is 5.43. The van der Waals surface area contributed by atoms with E-state index in [0.717, 1.165) is 31.7 Å². The Labute approximate surface area is 178 Å². The molecule has 164 valence electrons. The van der Waals surface area contributed by atoms with E-state index < -0.39 is 11.6 Å². The second-order valence-corrected chi connectivity index (χ2v) is 8.55. The fraction of sp³-hybridized carbons (Fsp3) is 0.500. The van der Waals surface area contributed by atoms with Crippen molar-refractivity contribution in [1.29, 1.82) is 0 Å². The number of anilines is 3. The Balaban J connectivity index is 1.53. The first-order valence-electron chi connectivity index (χ1n) is 11.0. The molecule has 2 heterocycles. The van der Waals surface area contributed by atoms with Gasteiger partial charge in [0.15, 0.2) is 5.65 Å². The highest BCUT2D eigenvalue weighted by atomic mass is 19.1. The summed E-state index contributed by atoms with van der Waals surface area (Å²) in [6.45, 7) is 0. The van der Waals surface area contributed by atoms with Crippen LogP contribution in [0, 0.1) is 11.6 Å². The Hall–Kier alpha value is -2.81. The molecule has 31 heavy (non-hydrogen) atoms. The van der Waals surface area contributed by atoms with E-state index in [0.29, 0.717) is 41.9 Å². The number of imidazole rings is 1. The van der Waals surface area contributed by atoms with Gasteiger partial charge in [-0.1, -0.05) is 12.8 Å². The van der Waals surface area contributed by atoms with E-state index in [1.807, 2.05) is 4.57 Å². The minimum absolute atomic E-state index is 0.0636. The molecule has 0 amide bonds. The molecular weight excluding hydrogens is 402 g/mol. The summed E-state index contributed by atoms with van der Waals surface area (Å²) in [5, 5.41) is 16.4. The Morgan fingerprint density at radius 1 is 1.00 bits per heavy atom. The SMILES string of the molecule is OC1CCC(n2c(Nc3ccc(F)cc3F)nc3cnc(NC4CCCC4)nc32)CC1. The van der Waals surface area contributed by atoms with Crippen LogP contribution >= 0.6 is 0 Å². The number of hydrogen-bond acceptors (Lipinski definition) is 6. The van der Waals surface area contributed by atoms with E-state index in [1.165, 1.54) is 25.0 Å². The summed E-state index contributed by atoms with van der Waals surface area (Å²) < 4.78 is 29.6. The first kappa shape index (κ1) is 20.1. The van der Waals surface area contributed by atoms with Crippen molar-refractivity contribution >= 4 is 28.7 Å². The van der Waals surface area contributed by atoms with Crippen LogP contribution in [0.15, 0.2) is 24.4 Å². The molecule has 2 aliphatic carbocycles. The van der Waals surface area contributed by atoms with Gasteiger partial charge >= 0.3 is 0 Å². The topological polar surface area (TPSA) is 87.9 Å². The van der Waals surface area contributed by atoms with E-state index in [9.17, 15) is 13.9 Å². The third-order valence-electron chi connectivity index (χ3n) is 6.33. The van der Waals surface area contributed by atoms with Crippen molar-refractivity contribution in [3.05, 3.63) is 36.0 Å². The number of aromatic nitrogens is 4. The number of nitrogens with zero attached hydrogens (tertiary/aromatic N) is 4. The zero-order valence-corrected chi connectivity index (χ0v) is 17.2. The minimum Gasteiger partial charge on any atom is -0.393 e. The van der Waals surface area contributed by atoms with Gasteiger partial charge in [0.25, 0.3) is 0 Å². The average molecular weight is 428 g/mol. The van der Waals surface area contributed by atoms with E-state index in [-0.39, 0.29) is 17.8 Å². The van der Waals surface area contributed by atoms with Gasteiger partial charge in [0.1, 0.15) is 17.2 Å². The third-order valence-corrected chi connectivity index (χ3v) is 6.33. The highest BCUT2D eigenvalue weighted by Gasteiger charge is 2.27. The van der Waals surface area contributed by atoms with Crippen LogP contribution in [0.25, 0.3) is 11.2 Å². The van der Waals surface area contributed by atoms with Crippen molar-refractivity contribution < 1.29 is 13.9 Å². The van der Waals surface area contributed by atoms with Crippen molar-refractivity contribution in [3.63, 3.8) is 0 Å². The van der Waals surface area contributed by atoms with Gasteiger partial charge in [-0.2, -0.15) is 4.98 Å². The number of aliphatic hydroxyl groups excluding tert-OH is 1. The second-order valence-electron chi connectivity index (χ2n) is 8.55. The third kappa shape index (κ3) is 4.19. The maximum Gasteiger partial charge on any atom is 0.224 e. The van der Waals surface area contributed by atoms with Crippen molar-refractivity contribution in [2.24, 2.45) is 0 Å². The summed E-state index contributed by atoms with van der Waals surface area (Å²) in [5.74, 6) is -0.316. The lowest BCUT2D eigenvalue weighted by Gasteiger charge is -2.28. The van der Waals surface area contributed by atoms with E-state index in [4.69, 9.17) is 4.98 Å². The molecule has 7 nitrogen and oxygen atoms in total. The minimum atomic E-state index is -0.688. The molecule has 0 saturated heterocycles. The molecule has 9 heteroatoms. The maximum absolute atomic E-state index is 14.3. The van der Waals surface area contributed by atoms with E-state index in [2.05, 4.69) is 20.6 Å². The van der Waals surface area contributed by atoms with E-state index >= 15 is 0 Å². The largest absolute Gasteiger partial charge is 0.393 e. The molecule has 0 bridgehead atoms. The summed E-state index contributed by atoms with van der Waals surface area (Å²) in [5.41, 5.74) is 1.42. The van der Waals surface area contributed by atoms with Gasteiger partial charge in [0, 0.05) is 18.2 Å². The average Bonchev–Trinajstić information content (AvgIpc) is 3.38. The molecule has 2 aliphatic rings. The quantitative estimate of drug-likeness (QED) is 0.547. The number of benzene rings is 1. The molecule has 0 atom stereocenters. The summed E-state index contributed by atoms with van der Waals surface area (Å²) in [7, 11) is 0. The second kappa shape index (κ2) is 8.37. The number of hydrogen-bond donors (Lipinski definition) is 3. The molecule has 3 N–H and O–H groups in total. The lowest BCUT2D eigenvalue weighted by molar-refractivity contribution is 0.112. The molecule has 2 aromatic heterocycles. The van der Waals surface area contributed by atoms with Gasteiger partial charge in [-0.25, -0.2) is 18.7 Å². The molecule has 3 aromatic rings. The predicted octanol–water partition coefficient (Wildman–Crippen LogP) is 4.68. The Bertz CT molecular complexity index is 1070. The van der Waals surface area contributed by atoms with Crippen molar-refractivity contribution in [2.45, 2.75) is 69.6 Å². The molecule has 1 aromatic carbocycles. The van der Waals surface area contributed by atoms with Gasteiger partial charge in [-0.05, 0) is 50.7 Å². The van der Waals surface area contributed by atoms with Crippen LogP contribution in [-0.2, 0) is 0 Å². The van der Waals surface area contributed by atoms with Gasteiger partial charge in [0.2, 0.25) is 11.9 Å². The van der Waals surface area contributed by atoms with Crippen LogP contribution in [0.1, 0.15) is 57.4 Å². The highest BCUT2D eigenvalue weighted by Crippen LogP contribution is 2.35. The monoisotopic (exact) mass is 428 g/mol. The standard InChI is InChI=1S/C22H26F2N6O/c23-13-5-10-18(17(24)11-13)27-22-28-19-12-25-21(26-14-3-1-2-4-14)29-20(19)30(22)15-6-8-16(31)9-7-15/h5,10-12,14-16,31H,1-4,6-9H2,(H,27,28)(H,25,26,29). The fourth-order valence-electron chi connectivity index (χ4n) is 4.67. The number of halogens is 2. The van der Waals surface area contributed by atoms with Crippen LogP contribution in [0.3, 0.4) is 0 Å². The number of nitrogens with one attached hydrogen (secondary N) is 2. The molecular formula is C22H26F2N6O. The first-order chi connectivity index (χ1) is 15.1. The molecule has 2 fully saturated rings. The van der Waals surface area contributed by atoms with Crippen LogP contribution < -0.4 is 10.6 Å². The summed E-state index contributed by atoms with van der Waals surface area (Å²) in [6, 6.07) is 3.85. The Morgan fingerprint density at radius 3 is 2.52 bits per heavy atom. The number of rotatable bonds is 5. The van der Waals surface area contributed by atoms with Gasteiger partial charge in [-0.3, -0.25) is 4.57 Å². The van der Waals surface area contributed by atoms with E-state index in [1.54, 1.807) is 6.20 Å². The van der Waals surface area contributed by atoms with Crippen LogP contribution in [0.2, 0.25) is 0 Å². The summed E-state index contributed by atoms with van der Waals surface area (Å²) in [6.07, 6.45) is 8.92. The fourth-order valence-corrected chi connectivity index (χ4v) is 4.67. The van der Waals surface area contributed by atoms with Crippen LogP contribution in [0.4, 0.5) is 26.4 Å². The molecule has 0 unspecified atom stereocenters. The lowest BCUT2D eigenvalue weighted by Crippen LogP contribution is -2.22. The zero-order valence-electron chi connectivity index (χ0n) is 17.2. The van der Waals surface area contributed by atoms with Gasteiger partial charge < -0.3 is 15.7 Å². The van der Waals surface area contributed by atoms with Crippen LogP contribution in [0.5, 0.6) is 0 Å². The summed E-state index contributed by atoms with van der Waals surface area (Å²) >= 11 is 0. The number of fused-ring (bicyclic) bond motifs is 1. The summed E-state index contributed by atoms with van der Waals surface area (Å²) in [4.78, 5) is 13.8. The van der Waals surface area contributed by atoms with Crippen molar-refractivity contribution in [3.8, 4) is 0 Å². The zero-order chi connectivity index (χ0) is 21.4. The maximum atomic E-state index is 14.3. The predicted molar refractivity (Wildman–Crippen MR) is 114 cm³/mol. The van der Waals surface area contributed by atoms with Gasteiger partial charge in [0.05, 0.1) is 18.0 Å². The first-order valence-corrected chi connectivity index (χ1v) is 11.0. The van der Waals surface area contributed by atoms with Crippen molar-refractivity contribution in [1.82, 2.24) is 19.5 Å². The molecule has 0 aliphatic heterocycles. The lowest BCUT2D eigenvalue weighted by atomic mass is 9.93. The van der Waals surface area contributed by atoms with Crippen LogP contribution in [-0.4, -0.2) is 36.8 Å². The smallest absolute Gasteiger partial charge is 0.224 e.